The summed E-state index contributed by atoms with van der Waals surface area (Å²) in [5.74, 6) is -0.124. The lowest BCUT2D eigenvalue weighted by molar-refractivity contribution is 0.0937. The van der Waals surface area contributed by atoms with E-state index < -0.39 is 0 Å². The Morgan fingerprint density at radius 1 is 1.42 bits per heavy atom. The quantitative estimate of drug-likeness (QED) is 0.796. The Kier molecular flexibility index (Phi) is 4.19. The molecule has 0 aliphatic rings. The Labute approximate surface area is 110 Å². The molecule has 0 saturated carbocycles. The lowest BCUT2D eigenvalue weighted by Gasteiger charge is -2.14. The molecule has 0 aliphatic heterocycles. The van der Waals surface area contributed by atoms with Crippen molar-refractivity contribution in [2.24, 2.45) is 5.73 Å². The Hall–Kier alpha value is -2.28. The number of carbonyl (C=O) groups is 1. The van der Waals surface area contributed by atoms with Gasteiger partial charge < -0.3 is 11.1 Å². The first-order valence-electron chi connectivity index (χ1n) is 6.09. The number of rotatable bonds is 5. The van der Waals surface area contributed by atoms with Gasteiger partial charge in [0.25, 0.3) is 5.91 Å². The van der Waals surface area contributed by atoms with Crippen molar-refractivity contribution in [3.63, 3.8) is 0 Å². The minimum absolute atomic E-state index is 0.00620. The summed E-state index contributed by atoms with van der Waals surface area (Å²) >= 11 is 0. The van der Waals surface area contributed by atoms with Gasteiger partial charge in [0.15, 0.2) is 0 Å². The van der Waals surface area contributed by atoms with Gasteiger partial charge in [-0.2, -0.15) is 0 Å². The number of nitrogens with zero attached hydrogens (tertiary/aromatic N) is 4. The second-order valence-electron chi connectivity index (χ2n) is 4.12. The van der Waals surface area contributed by atoms with Crippen LogP contribution in [0.2, 0.25) is 0 Å². The second kappa shape index (κ2) is 6.05. The standard InChI is InChI=1S/C12H16N6O/c1-2-10(7-13)15-12(19)9-3-5-11(6-4-9)18-8-14-16-17-18/h3-6,8,10H,2,7,13H2,1H3,(H,15,19). The molecule has 2 rings (SSSR count). The maximum absolute atomic E-state index is 12.0. The molecule has 1 amide bonds. The number of amides is 1. The van der Waals surface area contributed by atoms with Crippen molar-refractivity contribution in [1.82, 2.24) is 25.5 Å². The highest BCUT2D eigenvalue weighted by molar-refractivity contribution is 5.94. The molecule has 19 heavy (non-hydrogen) atoms. The molecule has 2 aromatic rings. The molecule has 0 spiro atoms. The third-order valence-corrected chi connectivity index (χ3v) is 2.86. The summed E-state index contributed by atoms with van der Waals surface area (Å²) in [5, 5.41) is 13.8. The molecule has 3 N–H and O–H groups in total. The van der Waals surface area contributed by atoms with Crippen LogP contribution in [0, 0.1) is 0 Å². The molecule has 0 aliphatic carbocycles. The average Bonchev–Trinajstić information content (AvgIpc) is 2.99. The molecule has 1 heterocycles. The summed E-state index contributed by atoms with van der Waals surface area (Å²) in [5.41, 5.74) is 6.94. The molecular weight excluding hydrogens is 244 g/mol. The Morgan fingerprint density at radius 3 is 2.68 bits per heavy atom. The molecule has 0 saturated heterocycles. The van der Waals surface area contributed by atoms with Crippen LogP contribution < -0.4 is 11.1 Å². The monoisotopic (exact) mass is 260 g/mol. The van der Waals surface area contributed by atoms with Gasteiger partial charge in [0.2, 0.25) is 0 Å². The van der Waals surface area contributed by atoms with Crippen LogP contribution in [0.3, 0.4) is 0 Å². The summed E-state index contributed by atoms with van der Waals surface area (Å²) in [4.78, 5) is 12.0. The van der Waals surface area contributed by atoms with Gasteiger partial charge in [-0.3, -0.25) is 4.79 Å². The highest BCUT2D eigenvalue weighted by atomic mass is 16.1. The lowest BCUT2D eigenvalue weighted by atomic mass is 10.1. The molecule has 7 heteroatoms. The number of tetrazole rings is 1. The molecule has 1 aromatic heterocycles. The summed E-state index contributed by atoms with van der Waals surface area (Å²) in [6, 6.07) is 7.04. The zero-order chi connectivity index (χ0) is 13.7. The van der Waals surface area contributed by atoms with Gasteiger partial charge in [0.1, 0.15) is 6.33 Å². The molecule has 1 aromatic carbocycles. The van der Waals surface area contributed by atoms with Gasteiger partial charge >= 0.3 is 0 Å². The fourth-order valence-electron chi connectivity index (χ4n) is 1.64. The van der Waals surface area contributed by atoms with E-state index in [1.54, 1.807) is 24.3 Å². The third-order valence-electron chi connectivity index (χ3n) is 2.86. The second-order valence-corrected chi connectivity index (χ2v) is 4.12. The molecule has 0 fully saturated rings. The maximum Gasteiger partial charge on any atom is 0.251 e. The first-order chi connectivity index (χ1) is 9.24. The SMILES string of the molecule is CCC(CN)NC(=O)c1ccc(-n2cnnn2)cc1. The van der Waals surface area contributed by atoms with Crippen LogP contribution in [0.5, 0.6) is 0 Å². The van der Waals surface area contributed by atoms with E-state index >= 15 is 0 Å². The first-order valence-corrected chi connectivity index (χ1v) is 6.09. The fraction of sp³-hybridized carbons (Fsp3) is 0.333. The summed E-state index contributed by atoms with van der Waals surface area (Å²) < 4.78 is 1.52. The minimum Gasteiger partial charge on any atom is -0.348 e. The van der Waals surface area contributed by atoms with Crippen LogP contribution in [-0.4, -0.2) is 38.7 Å². The van der Waals surface area contributed by atoms with E-state index in [1.165, 1.54) is 11.0 Å². The molecule has 0 radical (unpaired) electrons. The van der Waals surface area contributed by atoms with Gasteiger partial charge in [-0.05, 0) is 41.1 Å². The number of hydrogen-bond donors (Lipinski definition) is 2. The zero-order valence-corrected chi connectivity index (χ0v) is 10.7. The van der Waals surface area contributed by atoms with E-state index in [-0.39, 0.29) is 11.9 Å². The topological polar surface area (TPSA) is 98.7 Å². The van der Waals surface area contributed by atoms with Crippen LogP contribution in [0.15, 0.2) is 30.6 Å². The number of nitrogens with two attached hydrogens (primary N) is 1. The summed E-state index contributed by atoms with van der Waals surface area (Å²) in [7, 11) is 0. The fourth-order valence-corrected chi connectivity index (χ4v) is 1.64. The lowest BCUT2D eigenvalue weighted by Crippen LogP contribution is -2.39. The van der Waals surface area contributed by atoms with E-state index in [0.717, 1.165) is 12.1 Å². The average molecular weight is 260 g/mol. The third kappa shape index (κ3) is 3.14. The van der Waals surface area contributed by atoms with E-state index in [2.05, 4.69) is 20.8 Å². The molecule has 100 valence electrons. The van der Waals surface area contributed by atoms with Crippen molar-refractivity contribution in [1.29, 1.82) is 0 Å². The largest absolute Gasteiger partial charge is 0.348 e. The molecular formula is C12H16N6O. The van der Waals surface area contributed by atoms with Crippen molar-refractivity contribution in [3.8, 4) is 5.69 Å². The number of hydrogen-bond acceptors (Lipinski definition) is 5. The highest BCUT2D eigenvalue weighted by Gasteiger charge is 2.10. The predicted octanol–water partition coefficient (Wildman–Crippen LogP) is 0.129. The van der Waals surface area contributed by atoms with Crippen molar-refractivity contribution in [2.45, 2.75) is 19.4 Å². The smallest absolute Gasteiger partial charge is 0.251 e. The van der Waals surface area contributed by atoms with Crippen molar-refractivity contribution in [3.05, 3.63) is 36.2 Å². The Bertz CT molecular complexity index is 518. The molecule has 1 atom stereocenters. The van der Waals surface area contributed by atoms with Gasteiger partial charge in [-0.1, -0.05) is 6.92 Å². The first kappa shape index (κ1) is 13.2. The predicted molar refractivity (Wildman–Crippen MR) is 69.8 cm³/mol. The Morgan fingerprint density at radius 2 is 2.16 bits per heavy atom. The number of aromatic nitrogens is 4. The molecule has 7 nitrogen and oxygen atoms in total. The van der Waals surface area contributed by atoms with Crippen LogP contribution in [-0.2, 0) is 0 Å². The summed E-state index contributed by atoms with van der Waals surface area (Å²) in [6.45, 7) is 2.42. The van der Waals surface area contributed by atoms with Crippen LogP contribution in [0.25, 0.3) is 5.69 Å². The zero-order valence-electron chi connectivity index (χ0n) is 10.7. The number of carbonyl (C=O) groups excluding carboxylic acids is 1. The van der Waals surface area contributed by atoms with Gasteiger partial charge in [-0.25, -0.2) is 4.68 Å². The van der Waals surface area contributed by atoms with Crippen molar-refractivity contribution < 1.29 is 4.79 Å². The molecule has 0 bridgehead atoms. The van der Waals surface area contributed by atoms with E-state index in [4.69, 9.17) is 5.73 Å². The Balaban J connectivity index is 2.08. The van der Waals surface area contributed by atoms with Crippen molar-refractivity contribution in [2.75, 3.05) is 6.54 Å². The molecule has 1 unspecified atom stereocenters. The normalized spacial score (nSPS) is 12.1. The van der Waals surface area contributed by atoms with E-state index in [0.29, 0.717) is 12.1 Å². The van der Waals surface area contributed by atoms with Crippen LogP contribution in [0.4, 0.5) is 0 Å². The van der Waals surface area contributed by atoms with Crippen LogP contribution >= 0.6 is 0 Å². The van der Waals surface area contributed by atoms with E-state index in [1.807, 2.05) is 6.92 Å². The van der Waals surface area contributed by atoms with E-state index in [9.17, 15) is 4.79 Å². The minimum atomic E-state index is -0.124. The van der Waals surface area contributed by atoms with Gasteiger partial charge in [-0.15, -0.1) is 5.10 Å². The maximum atomic E-state index is 12.0. The number of nitrogens with one attached hydrogen (secondary N) is 1. The number of benzene rings is 1. The van der Waals surface area contributed by atoms with Gasteiger partial charge in [0.05, 0.1) is 5.69 Å². The van der Waals surface area contributed by atoms with Crippen LogP contribution in [0.1, 0.15) is 23.7 Å². The van der Waals surface area contributed by atoms with Gasteiger partial charge in [0, 0.05) is 18.2 Å². The van der Waals surface area contributed by atoms with Crippen molar-refractivity contribution >= 4 is 5.91 Å². The summed E-state index contributed by atoms with van der Waals surface area (Å²) in [6.07, 6.45) is 2.31. The highest BCUT2D eigenvalue weighted by Crippen LogP contribution is 2.08.